The third kappa shape index (κ3) is 3.80. The number of nitrogens with one attached hydrogen (secondary N) is 1. The lowest BCUT2D eigenvalue weighted by Gasteiger charge is -2.04. The van der Waals surface area contributed by atoms with Gasteiger partial charge >= 0.3 is 0 Å². The quantitative estimate of drug-likeness (QED) is 0.738. The number of hydrogen-bond acceptors (Lipinski definition) is 6. The second kappa shape index (κ2) is 6.33. The van der Waals surface area contributed by atoms with E-state index in [1.165, 1.54) is 23.5 Å². The van der Waals surface area contributed by atoms with Gasteiger partial charge in [-0.1, -0.05) is 23.5 Å². The lowest BCUT2D eigenvalue weighted by Crippen LogP contribution is -2.24. The number of aryl methyl sites for hydroxylation is 1. The molecule has 126 valence electrons. The standard InChI is InChI=1S/C15H16N4O3S2/c1-10-18-19-9-12(17-15(19)23-10)8-16-14(20)7-11-3-5-13(6-4-11)24(2,21)22/h3-6,9H,7-8H2,1-2H3,(H,16,20). The van der Waals surface area contributed by atoms with Crippen molar-refractivity contribution in [2.75, 3.05) is 6.26 Å². The van der Waals surface area contributed by atoms with Gasteiger partial charge in [0.2, 0.25) is 10.9 Å². The molecule has 0 radical (unpaired) electrons. The first-order valence-corrected chi connectivity index (χ1v) is 9.89. The minimum atomic E-state index is -3.22. The fourth-order valence-electron chi connectivity index (χ4n) is 2.22. The van der Waals surface area contributed by atoms with Gasteiger partial charge < -0.3 is 5.32 Å². The predicted octanol–water partition coefficient (Wildman–Crippen LogP) is 1.36. The van der Waals surface area contributed by atoms with E-state index in [1.807, 2.05) is 6.92 Å². The number of carbonyl (C=O) groups is 1. The van der Waals surface area contributed by atoms with Crippen molar-refractivity contribution in [3.63, 3.8) is 0 Å². The normalized spacial score (nSPS) is 11.8. The third-order valence-corrected chi connectivity index (χ3v) is 5.34. The third-order valence-electron chi connectivity index (χ3n) is 3.38. The number of benzene rings is 1. The molecule has 3 aromatic rings. The van der Waals surface area contributed by atoms with Crippen LogP contribution in [0, 0.1) is 6.92 Å². The molecule has 3 rings (SSSR count). The number of fused-ring (bicyclic) bond motifs is 1. The van der Waals surface area contributed by atoms with Crippen LogP contribution in [0.2, 0.25) is 0 Å². The van der Waals surface area contributed by atoms with E-state index in [1.54, 1.807) is 22.8 Å². The summed E-state index contributed by atoms with van der Waals surface area (Å²) in [5.74, 6) is -0.150. The van der Waals surface area contributed by atoms with E-state index in [0.29, 0.717) is 6.54 Å². The van der Waals surface area contributed by atoms with Crippen LogP contribution in [0.5, 0.6) is 0 Å². The molecule has 0 aliphatic heterocycles. The van der Waals surface area contributed by atoms with Crippen LogP contribution in [-0.4, -0.2) is 35.2 Å². The zero-order valence-corrected chi connectivity index (χ0v) is 14.8. The molecule has 1 amide bonds. The van der Waals surface area contributed by atoms with Gasteiger partial charge in [0.05, 0.1) is 29.8 Å². The van der Waals surface area contributed by atoms with Crippen LogP contribution in [0.3, 0.4) is 0 Å². The Bertz CT molecular complexity index is 956. The van der Waals surface area contributed by atoms with E-state index >= 15 is 0 Å². The van der Waals surface area contributed by atoms with Crippen molar-refractivity contribution in [2.24, 2.45) is 0 Å². The van der Waals surface area contributed by atoms with Crippen molar-refractivity contribution < 1.29 is 13.2 Å². The van der Waals surface area contributed by atoms with Gasteiger partial charge in [-0.2, -0.15) is 5.10 Å². The molecule has 0 fully saturated rings. The SMILES string of the molecule is Cc1nn2cc(CNC(=O)Cc3ccc(S(C)(=O)=O)cc3)nc2s1. The van der Waals surface area contributed by atoms with Crippen LogP contribution in [0.15, 0.2) is 35.4 Å². The maximum absolute atomic E-state index is 12.0. The Morgan fingerprint density at radius 1 is 1.29 bits per heavy atom. The molecule has 1 aromatic carbocycles. The summed E-state index contributed by atoms with van der Waals surface area (Å²) in [6.07, 6.45) is 3.13. The monoisotopic (exact) mass is 364 g/mol. The summed E-state index contributed by atoms with van der Waals surface area (Å²) in [7, 11) is -3.22. The highest BCUT2D eigenvalue weighted by atomic mass is 32.2. The topological polar surface area (TPSA) is 93.4 Å². The van der Waals surface area contributed by atoms with Gasteiger partial charge in [0.15, 0.2) is 9.84 Å². The highest BCUT2D eigenvalue weighted by Crippen LogP contribution is 2.13. The number of aromatic nitrogens is 3. The van der Waals surface area contributed by atoms with Crippen molar-refractivity contribution in [2.45, 2.75) is 24.8 Å². The Hall–Kier alpha value is -2.26. The van der Waals surface area contributed by atoms with Crippen LogP contribution in [0.25, 0.3) is 4.96 Å². The minimum Gasteiger partial charge on any atom is -0.350 e. The number of rotatable bonds is 5. The van der Waals surface area contributed by atoms with E-state index in [9.17, 15) is 13.2 Å². The van der Waals surface area contributed by atoms with E-state index in [0.717, 1.165) is 27.5 Å². The lowest BCUT2D eigenvalue weighted by atomic mass is 10.1. The van der Waals surface area contributed by atoms with Crippen LogP contribution < -0.4 is 5.32 Å². The molecule has 1 N–H and O–H groups in total. The summed E-state index contributed by atoms with van der Waals surface area (Å²) in [5.41, 5.74) is 1.50. The zero-order valence-electron chi connectivity index (χ0n) is 13.2. The van der Waals surface area contributed by atoms with Crippen molar-refractivity contribution >= 4 is 32.0 Å². The van der Waals surface area contributed by atoms with Crippen molar-refractivity contribution in [3.8, 4) is 0 Å². The molecule has 0 aliphatic rings. The predicted molar refractivity (Wildman–Crippen MR) is 90.7 cm³/mol. The number of imidazole rings is 1. The molecular weight excluding hydrogens is 348 g/mol. The van der Waals surface area contributed by atoms with Gasteiger partial charge in [-0.3, -0.25) is 4.79 Å². The molecule has 0 atom stereocenters. The number of carbonyl (C=O) groups excluding carboxylic acids is 1. The number of amides is 1. The molecule has 0 unspecified atom stereocenters. The Balaban J connectivity index is 1.58. The molecule has 2 heterocycles. The van der Waals surface area contributed by atoms with Gasteiger partial charge in [-0.15, -0.1) is 0 Å². The summed E-state index contributed by atoms with van der Waals surface area (Å²) in [5, 5.41) is 8.00. The van der Waals surface area contributed by atoms with E-state index < -0.39 is 9.84 Å². The molecule has 7 nitrogen and oxygen atoms in total. The van der Waals surface area contributed by atoms with Crippen LogP contribution >= 0.6 is 11.3 Å². The summed E-state index contributed by atoms with van der Waals surface area (Å²) < 4.78 is 24.5. The van der Waals surface area contributed by atoms with Gasteiger partial charge in [0, 0.05) is 6.26 Å². The molecule has 0 saturated heterocycles. The highest BCUT2D eigenvalue weighted by molar-refractivity contribution is 7.90. The number of nitrogens with zero attached hydrogens (tertiary/aromatic N) is 3. The maximum Gasteiger partial charge on any atom is 0.224 e. The van der Waals surface area contributed by atoms with Crippen LogP contribution in [0.4, 0.5) is 0 Å². The summed E-state index contributed by atoms with van der Waals surface area (Å²) >= 11 is 1.49. The van der Waals surface area contributed by atoms with Gasteiger partial charge in [-0.05, 0) is 24.6 Å². The summed E-state index contributed by atoms with van der Waals surface area (Å²) in [6.45, 7) is 2.24. The van der Waals surface area contributed by atoms with Crippen molar-refractivity contribution in [1.82, 2.24) is 19.9 Å². The van der Waals surface area contributed by atoms with Gasteiger partial charge in [0.1, 0.15) is 5.01 Å². The molecule has 2 aromatic heterocycles. The van der Waals surface area contributed by atoms with E-state index in [2.05, 4.69) is 15.4 Å². The van der Waals surface area contributed by atoms with E-state index in [4.69, 9.17) is 0 Å². The second-order valence-corrected chi connectivity index (χ2v) is 8.63. The van der Waals surface area contributed by atoms with E-state index in [-0.39, 0.29) is 17.2 Å². The molecular formula is C15H16N4O3S2. The largest absolute Gasteiger partial charge is 0.350 e. The average molecular weight is 364 g/mol. The van der Waals surface area contributed by atoms with Crippen molar-refractivity contribution in [3.05, 3.63) is 46.7 Å². The summed E-state index contributed by atoms with van der Waals surface area (Å²) in [4.78, 5) is 17.4. The minimum absolute atomic E-state index is 0.150. The molecule has 0 saturated carbocycles. The first-order chi connectivity index (χ1) is 11.3. The van der Waals surface area contributed by atoms with Gasteiger partial charge in [0.25, 0.3) is 0 Å². The average Bonchev–Trinajstić information content (AvgIpc) is 3.01. The van der Waals surface area contributed by atoms with Crippen LogP contribution in [-0.2, 0) is 27.6 Å². The molecule has 0 bridgehead atoms. The van der Waals surface area contributed by atoms with Gasteiger partial charge in [-0.25, -0.2) is 17.9 Å². The molecule has 0 aliphatic carbocycles. The second-order valence-electron chi connectivity index (χ2n) is 5.45. The first kappa shape index (κ1) is 16.6. The fourth-order valence-corrected chi connectivity index (χ4v) is 3.59. The smallest absolute Gasteiger partial charge is 0.224 e. The molecule has 24 heavy (non-hydrogen) atoms. The molecule has 9 heteroatoms. The fraction of sp³-hybridized carbons (Fsp3) is 0.267. The zero-order chi connectivity index (χ0) is 17.3. The Morgan fingerprint density at radius 3 is 2.62 bits per heavy atom. The highest BCUT2D eigenvalue weighted by Gasteiger charge is 2.10. The summed E-state index contributed by atoms with van der Waals surface area (Å²) in [6, 6.07) is 6.31. The Morgan fingerprint density at radius 2 is 2.00 bits per heavy atom. The number of sulfone groups is 1. The first-order valence-electron chi connectivity index (χ1n) is 7.18. The lowest BCUT2D eigenvalue weighted by molar-refractivity contribution is -0.120. The Labute approximate surface area is 143 Å². The Kier molecular flexibility index (Phi) is 4.37. The molecule has 0 spiro atoms. The van der Waals surface area contributed by atoms with Crippen LogP contribution in [0.1, 0.15) is 16.3 Å². The number of hydrogen-bond donors (Lipinski definition) is 1. The maximum atomic E-state index is 12.0. The van der Waals surface area contributed by atoms with Crippen molar-refractivity contribution in [1.29, 1.82) is 0 Å².